The zero-order valence-corrected chi connectivity index (χ0v) is 20.6. The zero-order valence-electron chi connectivity index (χ0n) is 20.6. The molecule has 2 N–H and O–H groups in total. The van der Waals surface area contributed by atoms with Crippen LogP contribution in [0.25, 0.3) is 22.7 Å². The molecule has 0 bridgehead atoms. The molecule has 5 heterocycles. The number of amides is 1. The molecular formula is C26H30N8O2. The van der Waals surface area contributed by atoms with E-state index < -0.39 is 5.91 Å². The Balaban J connectivity index is 1.53. The van der Waals surface area contributed by atoms with Crippen molar-refractivity contribution in [1.29, 1.82) is 0 Å². The van der Waals surface area contributed by atoms with Crippen LogP contribution in [0, 0.1) is 6.92 Å². The summed E-state index contributed by atoms with van der Waals surface area (Å²) < 4.78 is 9.17. The van der Waals surface area contributed by atoms with Gasteiger partial charge in [-0.25, -0.2) is 9.67 Å². The summed E-state index contributed by atoms with van der Waals surface area (Å²) in [5, 5.41) is 9.55. The summed E-state index contributed by atoms with van der Waals surface area (Å²) in [7, 11) is 2.09. The second-order valence-electron chi connectivity index (χ2n) is 9.70. The number of primary amides is 1. The minimum atomic E-state index is -0.527. The van der Waals surface area contributed by atoms with Crippen molar-refractivity contribution in [1.82, 2.24) is 29.3 Å². The van der Waals surface area contributed by atoms with Crippen LogP contribution >= 0.6 is 0 Å². The van der Waals surface area contributed by atoms with E-state index in [1.165, 1.54) is 5.56 Å². The van der Waals surface area contributed by atoms with Crippen LogP contribution in [0.2, 0.25) is 0 Å². The molecule has 2 aliphatic rings. The molecule has 2 fully saturated rings. The summed E-state index contributed by atoms with van der Waals surface area (Å²) >= 11 is 0. The lowest BCUT2D eigenvalue weighted by molar-refractivity contribution is 0.0993. The first-order chi connectivity index (χ1) is 17.5. The largest absolute Gasteiger partial charge is 0.378 e. The van der Waals surface area contributed by atoms with Crippen molar-refractivity contribution < 1.29 is 9.53 Å². The number of likely N-dealkylation sites (N-methyl/N-ethyl adjacent to an activating group) is 1. The Kier molecular flexibility index (Phi) is 5.69. The highest BCUT2D eigenvalue weighted by Gasteiger charge is 2.32. The van der Waals surface area contributed by atoms with Gasteiger partial charge in [-0.05, 0) is 39.1 Å². The predicted molar refractivity (Wildman–Crippen MR) is 137 cm³/mol. The molecule has 4 aromatic rings. The standard InChI is InChI=1S/C26H30N8O2/c1-17-4-3-5-18(14-17)20-7-9-33(29-20)21-15-22(32-10-12-36-13-11-32)34-26(28-21)23(24(30-34)25(27)35)19-6-8-31(2)16-19/h3-5,7,9,14-15,19H,6,8,10-13,16H2,1-2H3,(H2,27,35)/t19-/m1/s1. The number of carbonyl (C=O) groups is 1. The molecule has 186 valence electrons. The summed E-state index contributed by atoms with van der Waals surface area (Å²) in [6, 6.07) is 12.3. The molecule has 2 aliphatic heterocycles. The summed E-state index contributed by atoms with van der Waals surface area (Å²) in [4.78, 5) is 22.0. The second-order valence-corrected chi connectivity index (χ2v) is 9.70. The molecule has 0 aliphatic carbocycles. The minimum absolute atomic E-state index is 0.135. The molecule has 1 aromatic carbocycles. The van der Waals surface area contributed by atoms with Crippen LogP contribution in [0.1, 0.15) is 34.0 Å². The number of carbonyl (C=O) groups excluding carboxylic acids is 1. The first-order valence-electron chi connectivity index (χ1n) is 12.4. The Morgan fingerprint density at radius 3 is 2.67 bits per heavy atom. The van der Waals surface area contributed by atoms with Gasteiger partial charge >= 0.3 is 0 Å². The van der Waals surface area contributed by atoms with Crippen LogP contribution in [-0.4, -0.2) is 81.6 Å². The van der Waals surface area contributed by atoms with Gasteiger partial charge in [0.2, 0.25) is 0 Å². The second kappa shape index (κ2) is 9.03. The maximum atomic E-state index is 12.5. The third-order valence-corrected chi connectivity index (χ3v) is 7.10. The highest BCUT2D eigenvalue weighted by atomic mass is 16.5. The number of anilines is 1. The molecule has 1 atom stereocenters. The molecule has 2 saturated heterocycles. The quantitative estimate of drug-likeness (QED) is 0.461. The SMILES string of the molecule is Cc1cccc(-c2ccn(-c3cc(N4CCOCC4)n4nc(C(N)=O)c([C@@H]5CCN(C)C5)c4n3)n2)c1. The minimum Gasteiger partial charge on any atom is -0.378 e. The van der Waals surface area contributed by atoms with Gasteiger partial charge in [0, 0.05) is 48.9 Å². The van der Waals surface area contributed by atoms with Gasteiger partial charge in [0.25, 0.3) is 5.91 Å². The maximum Gasteiger partial charge on any atom is 0.269 e. The Morgan fingerprint density at radius 1 is 1.11 bits per heavy atom. The number of ether oxygens (including phenoxy) is 1. The van der Waals surface area contributed by atoms with E-state index >= 15 is 0 Å². The van der Waals surface area contributed by atoms with Crippen LogP contribution in [0.15, 0.2) is 42.6 Å². The first kappa shape index (κ1) is 22.7. The highest BCUT2D eigenvalue weighted by molar-refractivity contribution is 5.94. The maximum absolute atomic E-state index is 12.5. The summed E-state index contributed by atoms with van der Waals surface area (Å²) in [6.07, 6.45) is 2.85. The Morgan fingerprint density at radius 2 is 1.94 bits per heavy atom. The lowest BCUT2D eigenvalue weighted by Crippen LogP contribution is -2.37. The van der Waals surface area contributed by atoms with Gasteiger partial charge in [0.1, 0.15) is 5.82 Å². The summed E-state index contributed by atoms with van der Waals surface area (Å²) in [5.41, 5.74) is 10.7. The van der Waals surface area contributed by atoms with E-state index in [0.29, 0.717) is 30.4 Å². The third-order valence-electron chi connectivity index (χ3n) is 7.10. The van der Waals surface area contributed by atoms with Crippen LogP contribution in [-0.2, 0) is 4.74 Å². The molecule has 1 amide bonds. The molecule has 0 spiro atoms. The van der Waals surface area contributed by atoms with Crippen LogP contribution in [0.4, 0.5) is 5.82 Å². The smallest absolute Gasteiger partial charge is 0.269 e. The molecule has 10 nitrogen and oxygen atoms in total. The topological polar surface area (TPSA) is 107 Å². The number of benzene rings is 1. The number of rotatable bonds is 5. The van der Waals surface area contributed by atoms with E-state index in [-0.39, 0.29) is 5.92 Å². The van der Waals surface area contributed by atoms with Gasteiger partial charge in [-0.1, -0.05) is 23.8 Å². The van der Waals surface area contributed by atoms with Crippen LogP contribution < -0.4 is 10.6 Å². The molecule has 3 aromatic heterocycles. The summed E-state index contributed by atoms with van der Waals surface area (Å²) in [5.74, 6) is 1.13. The third kappa shape index (κ3) is 4.02. The Bertz CT molecular complexity index is 1440. The van der Waals surface area contributed by atoms with Gasteiger partial charge in [0.05, 0.1) is 18.9 Å². The van der Waals surface area contributed by atoms with Crippen molar-refractivity contribution in [3.8, 4) is 17.1 Å². The molecule has 36 heavy (non-hydrogen) atoms. The number of aryl methyl sites for hydroxylation is 1. The van der Waals surface area contributed by atoms with Gasteiger partial charge in [-0.3, -0.25) is 4.79 Å². The monoisotopic (exact) mass is 486 g/mol. The van der Waals surface area contributed by atoms with Crippen molar-refractivity contribution in [2.45, 2.75) is 19.3 Å². The number of hydrogen-bond acceptors (Lipinski definition) is 7. The molecule has 0 unspecified atom stereocenters. The van der Waals surface area contributed by atoms with Crippen LogP contribution in [0.5, 0.6) is 0 Å². The van der Waals surface area contributed by atoms with E-state index in [0.717, 1.165) is 55.2 Å². The molecule has 10 heteroatoms. The first-order valence-corrected chi connectivity index (χ1v) is 12.4. The normalized spacial score (nSPS) is 18.8. The Labute approximate surface area is 209 Å². The van der Waals surface area contributed by atoms with Crippen LogP contribution in [0.3, 0.4) is 0 Å². The van der Waals surface area contributed by atoms with E-state index in [1.54, 1.807) is 9.20 Å². The average Bonchev–Trinajstić information content (AvgIpc) is 3.62. The van der Waals surface area contributed by atoms with Crippen molar-refractivity contribution in [2.24, 2.45) is 5.73 Å². The van der Waals surface area contributed by atoms with Crippen molar-refractivity contribution in [2.75, 3.05) is 51.3 Å². The number of nitrogens with zero attached hydrogens (tertiary/aromatic N) is 7. The van der Waals surface area contributed by atoms with Gasteiger partial charge < -0.3 is 20.3 Å². The van der Waals surface area contributed by atoms with Gasteiger partial charge in [-0.15, -0.1) is 0 Å². The lowest BCUT2D eigenvalue weighted by atomic mass is 9.98. The number of hydrogen-bond donors (Lipinski definition) is 1. The highest BCUT2D eigenvalue weighted by Crippen LogP contribution is 2.34. The number of morpholine rings is 1. The number of aromatic nitrogens is 5. The fourth-order valence-corrected chi connectivity index (χ4v) is 5.28. The summed E-state index contributed by atoms with van der Waals surface area (Å²) in [6.45, 7) is 6.56. The zero-order chi connectivity index (χ0) is 24.8. The van der Waals surface area contributed by atoms with E-state index in [1.807, 2.05) is 24.4 Å². The lowest BCUT2D eigenvalue weighted by Gasteiger charge is -2.29. The molecule has 0 radical (unpaired) electrons. The molecule has 0 saturated carbocycles. The number of likely N-dealkylation sites (tertiary alicyclic amines) is 1. The fourth-order valence-electron chi connectivity index (χ4n) is 5.28. The number of fused-ring (bicyclic) bond motifs is 1. The molecular weight excluding hydrogens is 456 g/mol. The van der Waals surface area contributed by atoms with Crippen molar-refractivity contribution in [3.05, 3.63) is 59.4 Å². The Hall–Kier alpha value is -3.76. The van der Waals surface area contributed by atoms with Crippen molar-refractivity contribution in [3.63, 3.8) is 0 Å². The average molecular weight is 487 g/mol. The van der Waals surface area contributed by atoms with Gasteiger partial charge in [-0.2, -0.15) is 14.7 Å². The number of nitrogens with two attached hydrogens (primary N) is 1. The fraction of sp³-hybridized carbons (Fsp3) is 0.385. The van der Waals surface area contributed by atoms with Gasteiger partial charge in [0.15, 0.2) is 17.2 Å². The predicted octanol–water partition coefficient (Wildman–Crippen LogP) is 2.25. The molecule has 6 rings (SSSR count). The van der Waals surface area contributed by atoms with E-state index in [4.69, 9.17) is 25.7 Å². The van der Waals surface area contributed by atoms with E-state index in [2.05, 4.69) is 42.0 Å². The van der Waals surface area contributed by atoms with E-state index in [9.17, 15) is 4.79 Å². The van der Waals surface area contributed by atoms with Crippen molar-refractivity contribution >= 4 is 17.4 Å².